The van der Waals surface area contributed by atoms with Gasteiger partial charge in [0.25, 0.3) is 6.48 Å². The minimum absolute atomic E-state index is 0.0853. The number of ether oxygens (including phenoxy) is 3. The van der Waals surface area contributed by atoms with E-state index < -0.39 is 72.7 Å². The van der Waals surface area contributed by atoms with E-state index in [4.69, 9.17) is 0 Å². The van der Waals surface area contributed by atoms with E-state index in [0.717, 1.165) is 0 Å². The zero-order valence-corrected chi connectivity index (χ0v) is 16.7. The summed E-state index contributed by atoms with van der Waals surface area (Å²) in [4.78, 5) is 0. The highest BCUT2D eigenvalue weighted by Gasteiger charge is 2.65. The van der Waals surface area contributed by atoms with Crippen molar-refractivity contribution in [3.05, 3.63) is 0 Å². The maximum absolute atomic E-state index is 12.6. The quantitative estimate of drug-likeness (QED) is 0.179. The molecule has 0 aliphatic carbocycles. The van der Waals surface area contributed by atoms with Gasteiger partial charge in [-0.15, -0.1) is 0 Å². The van der Waals surface area contributed by atoms with Crippen molar-refractivity contribution in [2.75, 3.05) is 13.2 Å². The first kappa shape index (κ1) is 29.0. The lowest BCUT2D eigenvalue weighted by Crippen LogP contribution is -2.54. The summed E-state index contributed by atoms with van der Waals surface area (Å²) in [6.07, 6.45) is -5.88. The fraction of sp³-hybridized carbons (Fsp3) is 1.00. The smallest absolute Gasteiger partial charge is 0.330 e. The highest BCUT2D eigenvalue weighted by atomic mass is 32.2. The second-order valence-electron chi connectivity index (χ2n) is 4.95. The number of halogens is 9. The molecule has 192 valence electrons. The molecule has 0 amide bonds. The predicted molar refractivity (Wildman–Crippen MR) is 72.3 cm³/mol. The standard InChI is InChI=1S/C8H7F9O12S3/c9-5(10,11)30(18,19)27-8(26-4-24-2-1-3-25-4,28-31(20,21)6(12,13)14)29-32(22,23)7(15,16)17/h4H,1-3H2. The Morgan fingerprint density at radius 3 is 1.12 bits per heavy atom. The number of hydrogen-bond acceptors (Lipinski definition) is 12. The van der Waals surface area contributed by atoms with Crippen molar-refractivity contribution in [1.82, 2.24) is 0 Å². The van der Waals surface area contributed by atoms with Crippen LogP contribution in [0.4, 0.5) is 39.5 Å². The zero-order chi connectivity index (χ0) is 25.4. The van der Waals surface area contributed by atoms with Gasteiger partial charge in [-0.1, -0.05) is 0 Å². The first-order chi connectivity index (χ1) is 13.9. The SMILES string of the molecule is O=S(=O)(OC(OC1OCCCO1)(OS(=O)(=O)C(F)(F)F)OS(=O)(=O)C(F)(F)F)C(F)(F)F. The van der Waals surface area contributed by atoms with Crippen LogP contribution in [0.3, 0.4) is 0 Å². The molecule has 0 aromatic carbocycles. The summed E-state index contributed by atoms with van der Waals surface area (Å²) in [6.45, 7) is -4.01. The Morgan fingerprint density at radius 2 is 0.875 bits per heavy atom. The van der Waals surface area contributed by atoms with E-state index in [1.807, 2.05) is 0 Å². The van der Waals surface area contributed by atoms with Gasteiger partial charge < -0.3 is 9.47 Å². The molecule has 0 saturated carbocycles. The maximum atomic E-state index is 12.6. The van der Waals surface area contributed by atoms with Crippen LogP contribution in [-0.2, 0) is 57.1 Å². The van der Waals surface area contributed by atoms with Crippen molar-refractivity contribution >= 4 is 30.4 Å². The van der Waals surface area contributed by atoms with Crippen LogP contribution in [0, 0.1) is 0 Å². The molecule has 0 bridgehead atoms. The van der Waals surface area contributed by atoms with E-state index in [-0.39, 0.29) is 6.42 Å². The fourth-order valence-corrected chi connectivity index (χ4v) is 2.84. The molecule has 0 radical (unpaired) electrons. The van der Waals surface area contributed by atoms with Crippen molar-refractivity contribution in [1.29, 1.82) is 0 Å². The number of rotatable bonds is 8. The summed E-state index contributed by atoms with van der Waals surface area (Å²) >= 11 is 0. The third-order valence-corrected chi connectivity index (χ3v) is 5.49. The van der Waals surface area contributed by atoms with Crippen LogP contribution in [0.1, 0.15) is 6.42 Å². The third kappa shape index (κ3) is 6.99. The third-order valence-electron chi connectivity index (χ3n) is 2.52. The first-order valence-electron chi connectivity index (χ1n) is 6.91. The molecule has 0 aromatic heterocycles. The van der Waals surface area contributed by atoms with Crippen LogP contribution in [0.2, 0.25) is 0 Å². The van der Waals surface area contributed by atoms with Crippen LogP contribution in [0.25, 0.3) is 0 Å². The molecule has 0 N–H and O–H groups in total. The topological polar surface area (TPSA) is 158 Å². The van der Waals surface area contributed by atoms with Crippen LogP contribution in [0.15, 0.2) is 0 Å². The molecule has 0 aromatic rings. The van der Waals surface area contributed by atoms with Gasteiger partial charge in [0.2, 0.25) is 0 Å². The lowest BCUT2D eigenvalue weighted by atomic mass is 10.5. The minimum atomic E-state index is -7.49. The Bertz CT molecular complexity index is 860. The summed E-state index contributed by atoms with van der Waals surface area (Å²) in [5.74, 6) is 0. The largest absolute Gasteiger partial charge is 0.523 e. The van der Waals surface area contributed by atoms with Gasteiger partial charge >= 0.3 is 53.0 Å². The Morgan fingerprint density at radius 1 is 0.594 bits per heavy atom. The highest BCUT2D eigenvalue weighted by molar-refractivity contribution is 7.89. The van der Waals surface area contributed by atoms with E-state index >= 15 is 0 Å². The molecular formula is C8H7F9O12S3. The molecule has 0 spiro atoms. The molecule has 1 rings (SSSR count). The van der Waals surface area contributed by atoms with Gasteiger partial charge in [-0.25, -0.2) is 4.74 Å². The molecule has 1 fully saturated rings. The van der Waals surface area contributed by atoms with Crippen LogP contribution in [-0.4, -0.2) is 67.6 Å². The number of hydrogen-bond donors (Lipinski definition) is 0. The Labute approximate surface area is 171 Å². The molecular weight excluding hydrogens is 555 g/mol. The van der Waals surface area contributed by atoms with Gasteiger partial charge in [-0.2, -0.15) is 77.3 Å². The molecule has 32 heavy (non-hydrogen) atoms. The molecule has 1 aliphatic rings. The van der Waals surface area contributed by atoms with Gasteiger partial charge in [-0.3, -0.25) is 0 Å². The lowest BCUT2D eigenvalue weighted by molar-refractivity contribution is -0.484. The number of alkyl halides is 9. The highest BCUT2D eigenvalue weighted by Crippen LogP contribution is 2.39. The van der Waals surface area contributed by atoms with Gasteiger partial charge in [-0.05, 0) is 6.42 Å². The van der Waals surface area contributed by atoms with Crippen molar-refractivity contribution < 1.29 is 91.5 Å². The molecule has 0 unspecified atom stereocenters. The summed E-state index contributed by atoms with van der Waals surface area (Å²) < 4.78 is 201. The molecule has 1 aliphatic heterocycles. The summed E-state index contributed by atoms with van der Waals surface area (Å²) in [6, 6.07) is 0. The summed E-state index contributed by atoms with van der Waals surface area (Å²) in [5, 5.41) is 0. The van der Waals surface area contributed by atoms with Crippen LogP contribution >= 0.6 is 0 Å². The molecule has 0 atom stereocenters. The first-order valence-corrected chi connectivity index (χ1v) is 11.1. The normalized spacial score (nSPS) is 18.7. The van der Waals surface area contributed by atoms with Gasteiger partial charge in [0.05, 0.1) is 13.2 Å². The second kappa shape index (κ2) is 8.97. The van der Waals surface area contributed by atoms with Gasteiger partial charge in [0.1, 0.15) is 0 Å². The fourth-order valence-electron chi connectivity index (χ4n) is 1.30. The summed E-state index contributed by atoms with van der Waals surface area (Å²) in [5.41, 5.74) is -20.1. The minimum Gasteiger partial charge on any atom is -0.330 e. The average molecular weight is 562 g/mol. The summed E-state index contributed by atoms with van der Waals surface area (Å²) in [7, 11) is -22.5. The second-order valence-corrected chi connectivity index (χ2v) is 9.56. The van der Waals surface area contributed by atoms with Crippen molar-refractivity contribution in [2.45, 2.75) is 35.6 Å². The molecule has 12 nitrogen and oxygen atoms in total. The Kier molecular flexibility index (Phi) is 8.13. The van der Waals surface area contributed by atoms with E-state index in [1.165, 1.54) is 0 Å². The van der Waals surface area contributed by atoms with Crippen molar-refractivity contribution in [3.63, 3.8) is 0 Å². The van der Waals surface area contributed by atoms with E-state index in [1.54, 1.807) is 0 Å². The zero-order valence-electron chi connectivity index (χ0n) is 14.2. The van der Waals surface area contributed by atoms with Crippen LogP contribution < -0.4 is 0 Å². The Balaban J connectivity index is 3.74. The lowest BCUT2D eigenvalue weighted by Gasteiger charge is -2.33. The van der Waals surface area contributed by atoms with Crippen molar-refractivity contribution in [3.8, 4) is 0 Å². The van der Waals surface area contributed by atoms with Gasteiger partial charge in [0, 0.05) is 0 Å². The maximum Gasteiger partial charge on any atom is 0.523 e. The Hall–Kier alpha value is -1.02. The monoisotopic (exact) mass is 562 g/mol. The van der Waals surface area contributed by atoms with Crippen molar-refractivity contribution in [2.24, 2.45) is 0 Å². The molecule has 24 heteroatoms. The average Bonchev–Trinajstić information content (AvgIpc) is 2.50. The van der Waals surface area contributed by atoms with E-state index in [2.05, 4.69) is 26.8 Å². The predicted octanol–water partition coefficient (Wildman–Crippen LogP) is 0.933. The van der Waals surface area contributed by atoms with E-state index in [0.29, 0.717) is 0 Å². The van der Waals surface area contributed by atoms with Crippen LogP contribution in [0.5, 0.6) is 0 Å². The molecule has 1 saturated heterocycles. The molecule has 1 heterocycles. The van der Waals surface area contributed by atoms with Gasteiger partial charge in [0.15, 0.2) is 0 Å². The van der Waals surface area contributed by atoms with E-state index in [9.17, 15) is 64.8 Å².